The summed E-state index contributed by atoms with van der Waals surface area (Å²) in [5.41, 5.74) is 12.1. The van der Waals surface area contributed by atoms with Crippen molar-refractivity contribution in [3.8, 4) is 22.9 Å². The molecule has 1 fully saturated rings. The van der Waals surface area contributed by atoms with Gasteiger partial charge in [-0.25, -0.2) is 15.0 Å². The lowest BCUT2D eigenvalue weighted by Crippen LogP contribution is -2.43. The summed E-state index contributed by atoms with van der Waals surface area (Å²) in [4.78, 5) is 26.6. The van der Waals surface area contributed by atoms with E-state index in [0.717, 1.165) is 17.5 Å². The zero-order chi connectivity index (χ0) is 26.3. The minimum atomic E-state index is -4.57. The number of primary amides is 1. The van der Waals surface area contributed by atoms with E-state index in [9.17, 15) is 18.0 Å². The van der Waals surface area contributed by atoms with Gasteiger partial charge in [-0.3, -0.25) is 4.79 Å². The first-order chi connectivity index (χ1) is 17.6. The van der Waals surface area contributed by atoms with Crippen LogP contribution in [0.15, 0.2) is 60.9 Å². The van der Waals surface area contributed by atoms with E-state index in [0.29, 0.717) is 41.2 Å². The largest absolute Gasteiger partial charge is 0.437 e. The van der Waals surface area contributed by atoms with Gasteiger partial charge in [0.25, 0.3) is 0 Å². The number of carbonyl (C=O) groups excluding carboxylic acids is 1. The number of ether oxygens (including phenoxy) is 1. The summed E-state index contributed by atoms with van der Waals surface area (Å²) in [6.45, 7) is 1.85. The number of amides is 1. The van der Waals surface area contributed by atoms with Crippen molar-refractivity contribution in [3.63, 3.8) is 0 Å². The number of nitrogens with two attached hydrogens (primary N) is 2. The zero-order valence-corrected chi connectivity index (χ0v) is 19.7. The number of alkyl halides is 3. The Hall–Kier alpha value is -4.41. The summed E-state index contributed by atoms with van der Waals surface area (Å²) in [6, 6.07) is 12.8. The van der Waals surface area contributed by atoms with Crippen LogP contribution < -0.4 is 21.1 Å². The fourth-order valence-corrected chi connectivity index (χ4v) is 4.68. The lowest BCUT2D eigenvalue weighted by Gasteiger charge is -2.31. The molecule has 2 aromatic carbocycles. The second-order valence-corrected chi connectivity index (χ2v) is 8.89. The Morgan fingerprint density at radius 2 is 1.89 bits per heavy atom. The summed E-state index contributed by atoms with van der Waals surface area (Å²) in [6.07, 6.45) is -2.25. The van der Waals surface area contributed by atoms with Crippen molar-refractivity contribution < 1.29 is 22.7 Å². The summed E-state index contributed by atoms with van der Waals surface area (Å²) in [5, 5.41) is 0.812. The Bertz CT molecular complexity index is 1490. The van der Waals surface area contributed by atoms with Crippen LogP contribution in [-0.2, 0) is 11.0 Å². The van der Waals surface area contributed by atoms with Crippen molar-refractivity contribution in [3.05, 3.63) is 66.5 Å². The molecule has 190 valence electrons. The highest BCUT2D eigenvalue weighted by atomic mass is 19.4. The summed E-state index contributed by atoms with van der Waals surface area (Å²) in [7, 11) is 0. The molecule has 0 aliphatic carbocycles. The van der Waals surface area contributed by atoms with E-state index in [-0.39, 0.29) is 17.6 Å². The number of para-hydroxylation sites is 1. The van der Waals surface area contributed by atoms with Gasteiger partial charge in [0.15, 0.2) is 5.75 Å². The molecular formula is C26H23F3N6O2. The van der Waals surface area contributed by atoms with Gasteiger partial charge in [-0.05, 0) is 50.1 Å². The van der Waals surface area contributed by atoms with E-state index < -0.39 is 23.7 Å². The van der Waals surface area contributed by atoms with E-state index >= 15 is 0 Å². The van der Waals surface area contributed by atoms with Crippen LogP contribution in [0.1, 0.15) is 25.3 Å². The second-order valence-electron chi connectivity index (χ2n) is 8.89. The number of nitrogens with zero attached hydrogens (tertiary/aromatic N) is 4. The van der Waals surface area contributed by atoms with Crippen LogP contribution in [0.3, 0.4) is 0 Å². The maximum Gasteiger partial charge on any atom is 0.416 e. The standard InChI is InChI=1S/C26H23F3N6O2/c1-14-5-9-19(25(31)36)35(14)20-11-16(26(27,28)29)7-8-17(20)18-12-23(33-13-32-18)37-21-4-2-3-15-6-10-22(30)34-24(15)21/h2-4,6-8,10-14,19H,5,9H2,1H3,(H2,30,34)(H2,31,36)/t14-,19-/m0/s1. The first kappa shape index (κ1) is 24.3. The van der Waals surface area contributed by atoms with Crippen molar-refractivity contribution in [2.45, 2.75) is 38.0 Å². The van der Waals surface area contributed by atoms with Gasteiger partial charge in [0.2, 0.25) is 11.8 Å². The fraction of sp³-hybridized carbons (Fsp3) is 0.231. The number of pyridine rings is 1. The van der Waals surface area contributed by atoms with Crippen LogP contribution in [0.2, 0.25) is 0 Å². The molecule has 0 bridgehead atoms. The lowest BCUT2D eigenvalue weighted by molar-refractivity contribution is -0.137. The monoisotopic (exact) mass is 508 g/mol. The SMILES string of the molecule is C[C@H]1CC[C@@H](C(N)=O)N1c1cc(C(F)(F)F)ccc1-c1cc(Oc2cccc3ccc(N)nc23)ncn1. The van der Waals surface area contributed by atoms with Crippen molar-refractivity contribution in [2.75, 3.05) is 10.6 Å². The maximum atomic E-state index is 13.6. The molecule has 1 amide bonds. The Balaban J connectivity index is 1.59. The quantitative estimate of drug-likeness (QED) is 0.392. The molecule has 0 unspecified atom stereocenters. The molecule has 11 heteroatoms. The van der Waals surface area contributed by atoms with Crippen molar-refractivity contribution >= 4 is 28.3 Å². The maximum absolute atomic E-state index is 13.6. The number of hydrogen-bond acceptors (Lipinski definition) is 7. The molecular weight excluding hydrogens is 485 g/mol. The molecule has 5 rings (SSSR count). The van der Waals surface area contributed by atoms with Gasteiger partial charge in [0, 0.05) is 28.7 Å². The van der Waals surface area contributed by atoms with Crippen LogP contribution in [0.25, 0.3) is 22.2 Å². The number of benzene rings is 2. The highest BCUT2D eigenvalue weighted by Gasteiger charge is 2.38. The molecule has 8 nitrogen and oxygen atoms in total. The Morgan fingerprint density at radius 1 is 1.08 bits per heavy atom. The topological polar surface area (TPSA) is 120 Å². The van der Waals surface area contributed by atoms with Crippen LogP contribution in [0.4, 0.5) is 24.7 Å². The summed E-state index contributed by atoms with van der Waals surface area (Å²) < 4.78 is 46.9. The summed E-state index contributed by atoms with van der Waals surface area (Å²) >= 11 is 0. The second kappa shape index (κ2) is 9.23. The smallest absolute Gasteiger partial charge is 0.416 e. The predicted molar refractivity (Wildman–Crippen MR) is 133 cm³/mol. The minimum Gasteiger partial charge on any atom is -0.437 e. The van der Waals surface area contributed by atoms with Crippen LogP contribution in [0.5, 0.6) is 11.6 Å². The third-order valence-electron chi connectivity index (χ3n) is 6.44. The lowest BCUT2D eigenvalue weighted by atomic mass is 10.0. The number of halogens is 3. The molecule has 1 aliphatic rings. The molecule has 37 heavy (non-hydrogen) atoms. The van der Waals surface area contributed by atoms with E-state index in [1.807, 2.05) is 19.1 Å². The van der Waals surface area contributed by atoms with Crippen molar-refractivity contribution in [1.82, 2.24) is 15.0 Å². The van der Waals surface area contributed by atoms with Gasteiger partial charge in [0.1, 0.15) is 23.7 Å². The fourth-order valence-electron chi connectivity index (χ4n) is 4.68. The molecule has 4 N–H and O–H groups in total. The average molecular weight is 509 g/mol. The predicted octanol–water partition coefficient (Wildman–Crippen LogP) is 4.93. The average Bonchev–Trinajstić information content (AvgIpc) is 3.25. The van der Waals surface area contributed by atoms with Crippen molar-refractivity contribution in [2.24, 2.45) is 5.73 Å². The Labute approximate surface area is 210 Å². The highest BCUT2D eigenvalue weighted by Crippen LogP contribution is 2.42. The number of carbonyl (C=O) groups is 1. The molecule has 3 heterocycles. The first-order valence-corrected chi connectivity index (χ1v) is 11.6. The molecule has 2 atom stereocenters. The van der Waals surface area contributed by atoms with Gasteiger partial charge in [-0.1, -0.05) is 18.2 Å². The highest BCUT2D eigenvalue weighted by molar-refractivity contribution is 5.88. The number of fused-ring (bicyclic) bond motifs is 1. The molecule has 0 radical (unpaired) electrons. The van der Waals surface area contributed by atoms with Crippen LogP contribution in [0, 0.1) is 0 Å². The Kier molecular flexibility index (Phi) is 6.06. The van der Waals surface area contributed by atoms with Gasteiger partial charge in [-0.2, -0.15) is 13.2 Å². The number of nitrogen functional groups attached to an aromatic ring is 1. The van der Waals surface area contributed by atoms with E-state index in [1.54, 1.807) is 23.1 Å². The number of hydrogen-bond donors (Lipinski definition) is 2. The van der Waals surface area contributed by atoms with E-state index in [1.165, 1.54) is 18.5 Å². The number of rotatable bonds is 5. The van der Waals surface area contributed by atoms with Crippen molar-refractivity contribution in [1.29, 1.82) is 0 Å². The number of anilines is 2. The molecule has 2 aromatic heterocycles. The third-order valence-corrected chi connectivity index (χ3v) is 6.44. The zero-order valence-electron chi connectivity index (χ0n) is 19.7. The van der Waals surface area contributed by atoms with Gasteiger partial charge in [0.05, 0.1) is 11.3 Å². The van der Waals surface area contributed by atoms with Gasteiger partial charge in [-0.15, -0.1) is 0 Å². The normalized spacial score (nSPS) is 17.8. The molecule has 4 aromatic rings. The first-order valence-electron chi connectivity index (χ1n) is 11.6. The van der Waals surface area contributed by atoms with Gasteiger partial charge < -0.3 is 21.1 Å². The summed E-state index contributed by atoms with van der Waals surface area (Å²) in [5.74, 6) is 0.296. The molecule has 1 aliphatic heterocycles. The third kappa shape index (κ3) is 4.72. The van der Waals surface area contributed by atoms with Crippen LogP contribution in [-0.4, -0.2) is 32.9 Å². The molecule has 0 spiro atoms. The van der Waals surface area contributed by atoms with E-state index in [4.69, 9.17) is 16.2 Å². The Morgan fingerprint density at radius 3 is 2.65 bits per heavy atom. The van der Waals surface area contributed by atoms with Crippen LogP contribution >= 0.6 is 0 Å². The number of aromatic nitrogens is 3. The van der Waals surface area contributed by atoms with Gasteiger partial charge >= 0.3 is 6.18 Å². The molecule has 1 saturated heterocycles. The van der Waals surface area contributed by atoms with E-state index in [2.05, 4.69) is 15.0 Å². The minimum absolute atomic E-state index is 0.161. The molecule has 0 saturated carbocycles.